The van der Waals surface area contributed by atoms with E-state index in [0.717, 1.165) is 4.47 Å². The van der Waals surface area contributed by atoms with E-state index < -0.39 is 12.5 Å². The highest BCUT2D eigenvalue weighted by atomic mass is 79.9. The predicted octanol–water partition coefficient (Wildman–Crippen LogP) is 5.33. The summed E-state index contributed by atoms with van der Waals surface area (Å²) in [4.78, 5) is 10.3. The average Bonchev–Trinajstić information content (AvgIpc) is 2.65. The van der Waals surface area contributed by atoms with Crippen LogP contribution in [0.2, 0.25) is 0 Å². The standard InChI is InChI=1S/C18H13BrNO5P/c19-14-6-10-16(11-7-14)24-26(23,18-4-2-1-3-5-18)25-17-12-8-15(9-13-17)20(21)22/h1-13H/t26-/m1/s1. The number of rotatable bonds is 6. The third-order valence-electron chi connectivity index (χ3n) is 3.38. The highest BCUT2D eigenvalue weighted by Gasteiger charge is 2.31. The van der Waals surface area contributed by atoms with Gasteiger partial charge in [0.1, 0.15) is 11.5 Å². The summed E-state index contributed by atoms with van der Waals surface area (Å²) in [6, 6.07) is 20.7. The molecule has 3 aromatic carbocycles. The van der Waals surface area contributed by atoms with E-state index in [2.05, 4.69) is 15.9 Å². The minimum atomic E-state index is -3.75. The second kappa shape index (κ2) is 7.72. The molecule has 3 rings (SSSR count). The van der Waals surface area contributed by atoms with E-state index in [1.54, 1.807) is 54.6 Å². The smallest absolute Gasteiger partial charge is 0.413 e. The van der Waals surface area contributed by atoms with Gasteiger partial charge in [-0.05, 0) is 48.5 Å². The Bertz CT molecular complexity index is 946. The Hall–Kier alpha value is -2.63. The van der Waals surface area contributed by atoms with E-state index in [4.69, 9.17) is 9.05 Å². The number of benzene rings is 3. The number of halogens is 1. The maximum atomic E-state index is 13.5. The van der Waals surface area contributed by atoms with Gasteiger partial charge in [-0.3, -0.25) is 10.1 Å². The van der Waals surface area contributed by atoms with Crippen molar-refractivity contribution in [3.63, 3.8) is 0 Å². The van der Waals surface area contributed by atoms with Crippen LogP contribution in [0.15, 0.2) is 83.3 Å². The number of nitro groups is 1. The fraction of sp³-hybridized carbons (Fsp3) is 0. The number of nitro benzene ring substituents is 1. The second-order valence-corrected chi connectivity index (χ2v) is 8.01. The van der Waals surface area contributed by atoms with Crippen LogP contribution in [-0.4, -0.2) is 4.92 Å². The maximum Gasteiger partial charge on any atom is 0.462 e. The summed E-state index contributed by atoms with van der Waals surface area (Å²) in [6.07, 6.45) is 0. The van der Waals surface area contributed by atoms with Crippen LogP contribution < -0.4 is 14.4 Å². The average molecular weight is 434 g/mol. The molecule has 0 bridgehead atoms. The molecule has 0 aliphatic heterocycles. The van der Waals surface area contributed by atoms with Gasteiger partial charge in [-0.2, -0.15) is 0 Å². The normalized spacial score (nSPS) is 12.8. The first-order chi connectivity index (χ1) is 12.5. The van der Waals surface area contributed by atoms with Crippen molar-refractivity contribution in [2.75, 3.05) is 0 Å². The lowest BCUT2D eigenvalue weighted by Crippen LogP contribution is -2.14. The van der Waals surface area contributed by atoms with Crippen LogP contribution in [0.3, 0.4) is 0 Å². The summed E-state index contributed by atoms with van der Waals surface area (Å²) in [5, 5.41) is 11.1. The van der Waals surface area contributed by atoms with Crippen molar-refractivity contribution >= 4 is 34.5 Å². The highest BCUT2D eigenvalue weighted by Crippen LogP contribution is 2.47. The Morgan fingerprint density at radius 1 is 0.808 bits per heavy atom. The van der Waals surface area contributed by atoms with E-state index in [1.807, 2.05) is 0 Å². The Labute approximate surface area is 158 Å². The Balaban J connectivity index is 1.94. The number of hydrogen-bond donors (Lipinski definition) is 0. The molecule has 132 valence electrons. The van der Waals surface area contributed by atoms with Crippen LogP contribution in [0.5, 0.6) is 11.5 Å². The topological polar surface area (TPSA) is 78.7 Å². The summed E-state index contributed by atoms with van der Waals surface area (Å²) in [5.41, 5.74) is -0.0827. The Morgan fingerprint density at radius 2 is 1.31 bits per heavy atom. The maximum absolute atomic E-state index is 13.5. The van der Waals surface area contributed by atoms with Gasteiger partial charge in [-0.1, -0.05) is 34.1 Å². The molecule has 0 unspecified atom stereocenters. The van der Waals surface area contributed by atoms with Crippen LogP contribution in [0.1, 0.15) is 0 Å². The first-order valence-electron chi connectivity index (χ1n) is 7.51. The summed E-state index contributed by atoms with van der Waals surface area (Å²) >= 11 is 3.33. The molecule has 0 saturated carbocycles. The van der Waals surface area contributed by atoms with E-state index in [9.17, 15) is 14.7 Å². The summed E-state index contributed by atoms with van der Waals surface area (Å²) < 4.78 is 25.7. The van der Waals surface area contributed by atoms with Crippen molar-refractivity contribution in [2.45, 2.75) is 0 Å². The summed E-state index contributed by atoms with van der Waals surface area (Å²) in [7, 11) is -3.75. The molecule has 3 aromatic rings. The Morgan fingerprint density at radius 3 is 1.81 bits per heavy atom. The van der Waals surface area contributed by atoms with Crippen LogP contribution in [0.25, 0.3) is 0 Å². The van der Waals surface area contributed by atoms with Gasteiger partial charge in [0.05, 0.1) is 10.2 Å². The fourth-order valence-electron chi connectivity index (χ4n) is 2.14. The van der Waals surface area contributed by atoms with Gasteiger partial charge in [-0.15, -0.1) is 0 Å². The number of hydrogen-bond acceptors (Lipinski definition) is 5. The van der Waals surface area contributed by atoms with Gasteiger partial charge in [-0.25, -0.2) is 4.57 Å². The van der Waals surface area contributed by atoms with Crippen molar-refractivity contribution in [1.82, 2.24) is 0 Å². The third kappa shape index (κ3) is 4.31. The zero-order valence-corrected chi connectivity index (χ0v) is 15.8. The molecule has 0 amide bonds. The molecule has 0 heterocycles. The molecule has 0 N–H and O–H groups in total. The Kier molecular flexibility index (Phi) is 5.40. The molecule has 0 aromatic heterocycles. The number of nitrogens with zero attached hydrogens (tertiary/aromatic N) is 1. The van der Waals surface area contributed by atoms with E-state index in [0.29, 0.717) is 11.1 Å². The molecular weight excluding hydrogens is 421 g/mol. The zero-order valence-electron chi connectivity index (χ0n) is 13.3. The fourth-order valence-corrected chi connectivity index (χ4v) is 3.98. The van der Waals surface area contributed by atoms with Crippen molar-refractivity contribution in [2.24, 2.45) is 0 Å². The van der Waals surface area contributed by atoms with Gasteiger partial charge < -0.3 is 9.05 Å². The van der Waals surface area contributed by atoms with Gasteiger partial charge in [0.2, 0.25) is 0 Å². The van der Waals surface area contributed by atoms with Gasteiger partial charge in [0.15, 0.2) is 0 Å². The van der Waals surface area contributed by atoms with Crippen LogP contribution >= 0.6 is 23.5 Å². The van der Waals surface area contributed by atoms with Crippen LogP contribution in [0.4, 0.5) is 5.69 Å². The number of non-ortho nitro benzene ring substituents is 1. The molecule has 8 heteroatoms. The molecule has 6 nitrogen and oxygen atoms in total. The van der Waals surface area contributed by atoms with Gasteiger partial charge in [0.25, 0.3) is 5.69 Å². The molecule has 0 saturated heterocycles. The van der Waals surface area contributed by atoms with Crippen molar-refractivity contribution < 1.29 is 18.5 Å². The van der Waals surface area contributed by atoms with Crippen molar-refractivity contribution in [3.8, 4) is 11.5 Å². The SMILES string of the molecule is O=[N+]([O-])c1ccc(O[P@](=O)(Oc2ccc(Br)cc2)c2ccccc2)cc1. The molecule has 0 radical (unpaired) electrons. The summed E-state index contributed by atoms with van der Waals surface area (Å²) in [6.45, 7) is 0. The first-order valence-corrected chi connectivity index (χ1v) is 9.85. The minimum Gasteiger partial charge on any atom is -0.413 e. The first kappa shape index (κ1) is 18.2. The third-order valence-corrected chi connectivity index (χ3v) is 5.75. The van der Waals surface area contributed by atoms with E-state index >= 15 is 0 Å². The molecule has 0 aliphatic rings. The van der Waals surface area contributed by atoms with Crippen LogP contribution in [-0.2, 0) is 4.57 Å². The van der Waals surface area contributed by atoms with Crippen LogP contribution in [0, 0.1) is 10.1 Å². The monoisotopic (exact) mass is 433 g/mol. The molecule has 26 heavy (non-hydrogen) atoms. The predicted molar refractivity (Wildman–Crippen MR) is 102 cm³/mol. The molecule has 0 fully saturated rings. The lowest BCUT2D eigenvalue weighted by atomic mass is 10.3. The lowest BCUT2D eigenvalue weighted by molar-refractivity contribution is -0.384. The van der Waals surface area contributed by atoms with Gasteiger partial charge in [0, 0.05) is 16.6 Å². The van der Waals surface area contributed by atoms with E-state index in [1.165, 1.54) is 24.3 Å². The van der Waals surface area contributed by atoms with Crippen molar-refractivity contribution in [3.05, 3.63) is 93.4 Å². The summed E-state index contributed by atoms with van der Waals surface area (Å²) in [5.74, 6) is 0.585. The van der Waals surface area contributed by atoms with Crippen molar-refractivity contribution in [1.29, 1.82) is 0 Å². The largest absolute Gasteiger partial charge is 0.462 e. The molecule has 0 spiro atoms. The van der Waals surface area contributed by atoms with Gasteiger partial charge >= 0.3 is 7.60 Å². The quantitative estimate of drug-likeness (QED) is 0.298. The molecular formula is C18H13BrNO5P. The van der Waals surface area contributed by atoms with E-state index in [-0.39, 0.29) is 11.4 Å². The molecule has 0 aliphatic carbocycles. The second-order valence-electron chi connectivity index (χ2n) is 5.22. The zero-order chi connectivity index (χ0) is 18.6. The molecule has 1 atom stereocenters. The highest BCUT2D eigenvalue weighted by molar-refractivity contribution is 9.10. The minimum absolute atomic E-state index is 0.0827. The lowest BCUT2D eigenvalue weighted by Gasteiger charge is -2.20.